The number of hydrogen-bond acceptors (Lipinski definition) is 4. The molecule has 0 saturated heterocycles. The third-order valence-electron chi connectivity index (χ3n) is 8.02. The largest absolute Gasteiger partial charge is 0.476 e. The van der Waals surface area contributed by atoms with E-state index in [1.54, 1.807) is 6.07 Å². The van der Waals surface area contributed by atoms with Gasteiger partial charge < -0.3 is 10.0 Å². The number of carboxylic acids is 1. The number of alkyl halides is 15. The molecule has 21 heteroatoms. The standard InChI is InChI=1S/C33H18F15N3O3/c34-29(35,36)20-21(30(37,38)39)23(32(43,44)45)26(24(33(46,47)48)22(20)31(40,41)42)50-13-5-7-16-14-15(11-12-19(16)50)6-4-10-18-25(28(53)54)49-51(27(18)52)17-8-2-1-3-9-17/h1-4,6,8-12,14H,5,7,13H2,(H,53,54)/b6-4+,18-10-. The Labute approximate surface area is 292 Å². The summed E-state index contributed by atoms with van der Waals surface area (Å²) in [5, 5.41) is 14.1. The van der Waals surface area contributed by atoms with E-state index in [2.05, 4.69) is 5.10 Å². The normalized spacial score (nSPS) is 16.8. The number of halogens is 15. The summed E-state index contributed by atoms with van der Waals surface area (Å²) in [5.74, 6) is -2.48. The summed E-state index contributed by atoms with van der Waals surface area (Å²) in [7, 11) is 0. The third kappa shape index (κ3) is 7.47. The number of para-hydroxylation sites is 1. The number of carboxylic acid groups (broad SMARTS) is 1. The van der Waals surface area contributed by atoms with Gasteiger partial charge in [-0.3, -0.25) is 4.79 Å². The lowest BCUT2D eigenvalue weighted by Gasteiger charge is -2.38. The molecule has 0 unspecified atom stereocenters. The summed E-state index contributed by atoms with van der Waals surface area (Å²) < 4.78 is 213. The molecule has 3 aromatic rings. The average molecular weight is 789 g/mol. The first-order valence-electron chi connectivity index (χ1n) is 14.8. The van der Waals surface area contributed by atoms with Crippen molar-refractivity contribution in [3.63, 3.8) is 0 Å². The topological polar surface area (TPSA) is 73.2 Å². The molecule has 0 bridgehead atoms. The van der Waals surface area contributed by atoms with E-state index in [4.69, 9.17) is 0 Å². The molecule has 0 fully saturated rings. The Hall–Kier alpha value is -5.50. The molecule has 6 nitrogen and oxygen atoms in total. The highest BCUT2D eigenvalue weighted by atomic mass is 19.4. The zero-order valence-electron chi connectivity index (χ0n) is 26.2. The molecular formula is C33H18F15N3O3. The van der Waals surface area contributed by atoms with E-state index in [9.17, 15) is 80.6 Å². The molecule has 0 aromatic heterocycles. The van der Waals surface area contributed by atoms with Crippen LogP contribution in [0.15, 0.2) is 71.4 Å². The highest BCUT2D eigenvalue weighted by Gasteiger charge is 2.61. The molecule has 2 aliphatic rings. The van der Waals surface area contributed by atoms with Gasteiger partial charge in [0.15, 0.2) is 5.71 Å². The van der Waals surface area contributed by atoms with Gasteiger partial charge in [0.2, 0.25) is 0 Å². The molecule has 1 N–H and O–H groups in total. The zero-order chi connectivity index (χ0) is 40.3. The number of aliphatic carboxylic acids is 1. The van der Waals surface area contributed by atoms with Crippen molar-refractivity contribution in [2.45, 2.75) is 43.7 Å². The SMILES string of the molecule is O=C(O)C1=NN(c2ccccc2)C(=O)/C1=C\C=C\c1ccc2c(c1)CCCN2c1c(C(F)(F)F)c(C(F)(F)F)c(C(F)(F)F)c(C(F)(F)F)c1C(F)(F)F. The van der Waals surface area contributed by atoms with Crippen LogP contribution in [0.1, 0.15) is 45.4 Å². The van der Waals surface area contributed by atoms with Crippen molar-refractivity contribution in [1.29, 1.82) is 0 Å². The van der Waals surface area contributed by atoms with E-state index in [1.807, 2.05) is 0 Å². The number of rotatable bonds is 5. The van der Waals surface area contributed by atoms with E-state index in [-0.39, 0.29) is 28.1 Å². The van der Waals surface area contributed by atoms with Crippen LogP contribution in [0, 0.1) is 0 Å². The zero-order valence-corrected chi connectivity index (χ0v) is 26.2. The van der Waals surface area contributed by atoms with Crippen molar-refractivity contribution in [2.75, 3.05) is 16.5 Å². The molecule has 0 atom stereocenters. The molecule has 0 spiro atoms. The second kappa shape index (κ2) is 13.4. The second-order valence-electron chi connectivity index (χ2n) is 11.5. The summed E-state index contributed by atoms with van der Waals surface area (Å²) >= 11 is 0. The maximum absolute atomic E-state index is 14.5. The van der Waals surface area contributed by atoms with Gasteiger partial charge in [0, 0.05) is 12.2 Å². The Morgan fingerprint density at radius 3 is 1.69 bits per heavy atom. The summed E-state index contributed by atoms with van der Waals surface area (Å²) in [5.41, 5.74) is -24.1. The van der Waals surface area contributed by atoms with E-state index in [0.717, 1.165) is 41.4 Å². The van der Waals surface area contributed by atoms with Crippen LogP contribution in [-0.4, -0.2) is 29.2 Å². The van der Waals surface area contributed by atoms with Gasteiger partial charge >= 0.3 is 36.9 Å². The molecule has 54 heavy (non-hydrogen) atoms. The maximum atomic E-state index is 14.5. The number of benzene rings is 3. The van der Waals surface area contributed by atoms with Crippen molar-refractivity contribution >= 4 is 40.7 Å². The number of hydrazone groups is 1. The number of fused-ring (bicyclic) bond motifs is 1. The van der Waals surface area contributed by atoms with Gasteiger partial charge in [-0.25, -0.2) is 4.79 Å². The van der Waals surface area contributed by atoms with Crippen LogP contribution < -0.4 is 9.91 Å². The predicted octanol–water partition coefficient (Wildman–Crippen LogP) is 10.3. The Kier molecular flexibility index (Phi) is 9.86. The molecule has 3 aromatic carbocycles. The fourth-order valence-electron chi connectivity index (χ4n) is 6.08. The third-order valence-corrected chi connectivity index (χ3v) is 8.02. The smallest absolute Gasteiger partial charge is 0.419 e. The number of nitrogens with zero attached hydrogens (tertiary/aromatic N) is 3. The predicted molar refractivity (Wildman–Crippen MR) is 159 cm³/mol. The Bertz CT molecular complexity index is 2040. The molecule has 5 rings (SSSR count). The van der Waals surface area contributed by atoms with E-state index < -0.39 is 106 Å². The van der Waals surface area contributed by atoms with E-state index in [0.29, 0.717) is 0 Å². The molecule has 2 aliphatic heterocycles. The van der Waals surface area contributed by atoms with Crippen LogP contribution in [0.5, 0.6) is 0 Å². The minimum Gasteiger partial charge on any atom is -0.476 e. The lowest BCUT2D eigenvalue weighted by molar-refractivity contribution is -0.188. The molecule has 0 radical (unpaired) electrons. The number of allylic oxidation sites excluding steroid dienone is 2. The molecule has 288 valence electrons. The monoisotopic (exact) mass is 789 g/mol. The summed E-state index contributed by atoms with van der Waals surface area (Å²) in [6.45, 7) is -1.09. The molecule has 0 aliphatic carbocycles. The number of carbonyl (C=O) groups excluding carboxylic acids is 1. The van der Waals surface area contributed by atoms with Gasteiger partial charge in [-0.15, -0.1) is 0 Å². The van der Waals surface area contributed by atoms with Crippen molar-refractivity contribution in [1.82, 2.24) is 0 Å². The lowest BCUT2D eigenvalue weighted by Crippen LogP contribution is -2.36. The Morgan fingerprint density at radius 2 is 1.20 bits per heavy atom. The van der Waals surface area contributed by atoms with Crippen molar-refractivity contribution < 1.29 is 80.6 Å². The molecule has 0 saturated carbocycles. The van der Waals surface area contributed by atoms with E-state index in [1.165, 1.54) is 24.3 Å². The second-order valence-corrected chi connectivity index (χ2v) is 11.5. The first kappa shape index (κ1) is 39.7. The van der Waals surface area contributed by atoms with Gasteiger partial charge in [0.05, 0.1) is 44.8 Å². The number of hydrogen-bond donors (Lipinski definition) is 1. The van der Waals surface area contributed by atoms with Crippen LogP contribution in [0.2, 0.25) is 0 Å². The Morgan fingerprint density at radius 1 is 0.704 bits per heavy atom. The van der Waals surface area contributed by atoms with Crippen LogP contribution >= 0.6 is 0 Å². The molecular weight excluding hydrogens is 771 g/mol. The average Bonchev–Trinajstić information content (AvgIpc) is 3.37. The fourth-order valence-corrected chi connectivity index (χ4v) is 6.08. The number of carbonyl (C=O) groups is 2. The van der Waals surface area contributed by atoms with Crippen molar-refractivity contribution in [3.05, 3.63) is 105 Å². The van der Waals surface area contributed by atoms with E-state index >= 15 is 0 Å². The number of anilines is 3. The lowest BCUT2D eigenvalue weighted by atomic mass is 9.85. The van der Waals surface area contributed by atoms with Crippen LogP contribution in [0.25, 0.3) is 6.08 Å². The number of amides is 1. The quantitative estimate of drug-likeness (QED) is 0.206. The van der Waals surface area contributed by atoms with Crippen LogP contribution in [0.4, 0.5) is 82.9 Å². The van der Waals surface area contributed by atoms with Gasteiger partial charge in [0.25, 0.3) is 5.91 Å². The highest BCUT2D eigenvalue weighted by molar-refractivity contribution is 6.52. The maximum Gasteiger partial charge on any atom is 0.419 e. The van der Waals surface area contributed by atoms with Crippen molar-refractivity contribution in [3.8, 4) is 0 Å². The summed E-state index contributed by atoms with van der Waals surface area (Å²) in [6, 6.07) is 10.3. The highest BCUT2D eigenvalue weighted by Crippen LogP contribution is 2.60. The van der Waals surface area contributed by atoms with Gasteiger partial charge in [0.1, 0.15) is 0 Å². The molecule has 1 amide bonds. The fraction of sp³-hybridized carbons (Fsp3) is 0.242. The van der Waals surface area contributed by atoms with Crippen LogP contribution in [0.3, 0.4) is 0 Å². The first-order chi connectivity index (χ1) is 24.7. The summed E-state index contributed by atoms with van der Waals surface area (Å²) in [4.78, 5) is 24.5. The van der Waals surface area contributed by atoms with Gasteiger partial charge in [-0.1, -0.05) is 36.4 Å². The minimum absolute atomic E-state index is 0.0399. The first-order valence-corrected chi connectivity index (χ1v) is 14.8. The van der Waals surface area contributed by atoms with Crippen molar-refractivity contribution in [2.24, 2.45) is 5.10 Å². The number of aryl methyl sites for hydroxylation is 1. The van der Waals surface area contributed by atoms with Crippen LogP contribution in [-0.2, 0) is 46.9 Å². The minimum atomic E-state index is -7.01. The van der Waals surface area contributed by atoms with Gasteiger partial charge in [-0.2, -0.15) is 76.0 Å². The molecule has 2 heterocycles. The summed E-state index contributed by atoms with van der Waals surface area (Å²) in [6.07, 6.45) is -31.7. The Balaban J connectivity index is 1.70. The van der Waals surface area contributed by atoms with Gasteiger partial charge in [-0.05, 0) is 54.3 Å².